The highest BCUT2D eigenvalue weighted by Crippen LogP contribution is 2.43. The van der Waals surface area contributed by atoms with E-state index in [-0.39, 0.29) is 17.4 Å². The molecule has 0 spiro atoms. The van der Waals surface area contributed by atoms with Gasteiger partial charge < -0.3 is 19.3 Å². The van der Waals surface area contributed by atoms with Gasteiger partial charge in [-0.05, 0) is 80.3 Å². The molecule has 1 aliphatic heterocycles. The molecule has 1 N–H and O–H groups in total. The molecule has 4 rings (SSSR count). The standard InChI is InChI=1S/C32H35NO6/c1-19(2)18-38-27-15-12-23(16-21(27)5)30(34)28-29(22-10-13-25(14-11-22)39-20(3)4)33(32(36)31(28)35)24-8-7-9-26(17-24)37-6/h7-17,19-20,29,34H,18H2,1-6H3/b30-28+. The van der Waals surface area contributed by atoms with Crippen molar-refractivity contribution in [2.75, 3.05) is 18.6 Å². The Kier molecular flexibility index (Phi) is 8.29. The van der Waals surface area contributed by atoms with Gasteiger partial charge in [-0.2, -0.15) is 0 Å². The third-order valence-electron chi connectivity index (χ3n) is 6.36. The summed E-state index contributed by atoms with van der Waals surface area (Å²) in [5.41, 5.74) is 2.39. The minimum absolute atomic E-state index is 0.00556. The number of benzene rings is 3. The van der Waals surface area contributed by atoms with Gasteiger partial charge in [0.2, 0.25) is 0 Å². The van der Waals surface area contributed by atoms with Crippen LogP contribution >= 0.6 is 0 Å². The number of ketones is 1. The van der Waals surface area contributed by atoms with Crippen molar-refractivity contribution in [1.29, 1.82) is 0 Å². The highest BCUT2D eigenvalue weighted by molar-refractivity contribution is 6.51. The lowest BCUT2D eigenvalue weighted by molar-refractivity contribution is -0.132. The molecule has 0 radical (unpaired) electrons. The molecule has 1 saturated heterocycles. The van der Waals surface area contributed by atoms with Crippen LogP contribution in [0.25, 0.3) is 5.76 Å². The summed E-state index contributed by atoms with van der Waals surface area (Å²) in [6, 6.07) is 18.5. The fourth-order valence-corrected chi connectivity index (χ4v) is 4.55. The monoisotopic (exact) mass is 529 g/mol. The van der Waals surface area contributed by atoms with Crippen LogP contribution in [0.1, 0.15) is 50.4 Å². The maximum Gasteiger partial charge on any atom is 0.300 e. The SMILES string of the molecule is COc1cccc(N2C(=O)C(=O)/C(=C(/O)c3ccc(OCC(C)C)c(C)c3)C2c2ccc(OC(C)C)cc2)c1. The van der Waals surface area contributed by atoms with E-state index in [0.29, 0.717) is 46.6 Å². The van der Waals surface area contributed by atoms with E-state index < -0.39 is 17.7 Å². The third kappa shape index (κ3) is 5.93. The van der Waals surface area contributed by atoms with Crippen molar-refractivity contribution in [3.8, 4) is 17.2 Å². The molecule has 1 aliphatic rings. The second kappa shape index (κ2) is 11.6. The molecule has 7 nitrogen and oxygen atoms in total. The Morgan fingerprint density at radius 3 is 2.28 bits per heavy atom. The maximum absolute atomic E-state index is 13.5. The lowest BCUT2D eigenvalue weighted by Crippen LogP contribution is -2.29. The number of methoxy groups -OCH3 is 1. The number of hydrogen-bond donors (Lipinski definition) is 1. The van der Waals surface area contributed by atoms with E-state index in [9.17, 15) is 14.7 Å². The fourth-order valence-electron chi connectivity index (χ4n) is 4.55. The Morgan fingerprint density at radius 1 is 0.949 bits per heavy atom. The first-order chi connectivity index (χ1) is 18.6. The van der Waals surface area contributed by atoms with Gasteiger partial charge in [0.1, 0.15) is 23.0 Å². The predicted molar refractivity (Wildman–Crippen MR) is 151 cm³/mol. The average molecular weight is 530 g/mol. The smallest absolute Gasteiger partial charge is 0.300 e. The average Bonchev–Trinajstić information content (AvgIpc) is 3.17. The Morgan fingerprint density at radius 2 is 1.67 bits per heavy atom. The van der Waals surface area contributed by atoms with Crippen molar-refractivity contribution >= 4 is 23.1 Å². The number of nitrogens with zero attached hydrogens (tertiary/aromatic N) is 1. The van der Waals surface area contributed by atoms with Crippen molar-refractivity contribution < 1.29 is 28.9 Å². The maximum atomic E-state index is 13.5. The molecule has 7 heteroatoms. The minimum Gasteiger partial charge on any atom is -0.507 e. The number of aryl methyl sites for hydroxylation is 1. The molecule has 1 fully saturated rings. The van der Waals surface area contributed by atoms with Gasteiger partial charge in [0, 0.05) is 17.3 Å². The molecule has 1 unspecified atom stereocenters. The molecule has 0 saturated carbocycles. The molecule has 0 aromatic heterocycles. The Hall–Kier alpha value is -4.26. The Balaban J connectivity index is 1.84. The van der Waals surface area contributed by atoms with Crippen LogP contribution in [0, 0.1) is 12.8 Å². The minimum atomic E-state index is -0.859. The zero-order valence-corrected chi connectivity index (χ0v) is 23.2. The van der Waals surface area contributed by atoms with Gasteiger partial charge in [-0.3, -0.25) is 14.5 Å². The fraction of sp³-hybridized carbons (Fsp3) is 0.312. The van der Waals surface area contributed by atoms with E-state index in [1.54, 1.807) is 54.6 Å². The van der Waals surface area contributed by atoms with Crippen LogP contribution < -0.4 is 19.1 Å². The number of ether oxygens (including phenoxy) is 3. The van der Waals surface area contributed by atoms with Gasteiger partial charge in [-0.15, -0.1) is 0 Å². The van der Waals surface area contributed by atoms with Crippen LogP contribution in [0.15, 0.2) is 72.3 Å². The second-order valence-electron chi connectivity index (χ2n) is 10.3. The number of carbonyl (C=O) groups excluding carboxylic acids is 2. The molecule has 3 aromatic carbocycles. The Bertz CT molecular complexity index is 1390. The Labute approximate surface area is 229 Å². The topological polar surface area (TPSA) is 85.3 Å². The number of aliphatic hydroxyl groups excluding tert-OH is 1. The molecule has 1 amide bonds. The van der Waals surface area contributed by atoms with Gasteiger partial charge in [-0.25, -0.2) is 0 Å². The molecule has 1 heterocycles. The number of aliphatic hydroxyl groups is 1. The highest BCUT2D eigenvalue weighted by atomic mass is 16.5. The summed E-state index contributed by atoms with van der Waals surface area (Å²) in [5, 5.41) is 11.5. The lowest BCUT2D eigenvalue weighted by Gasteiger charge is -2.26. The second-order valence-corrected chi connectivity index (χ2v) is 10.3. The van der Waals surface area contributed by atoms with Crippen molar-refractivity contribution in [1.82, 2.24) is 0 Å². The molecule has 39 heavy (non-hydrogen) atoms. The van der Waals surface area contributed by atoms with Crippen molar-refractivity contribution in [2.45, 2.75) is 46.8 Å². The first-order valence-corrected chi connectivity index (χ1v) is 13.1. The van der Waals surface area contributed by atoms with Crippen LogP contribution in [0.4, 0.5) is 5.69 Å². The molecular weight excluding hydrogens is 494 g/mol. The highest BCUT2D eigenvalue weighted by Gasteiger charge is 2.47. The summed E-state index contributed by atoms with van der Waals surface area (Å²) in [6.07, 6.45) is -0.00556. The van der Waals surface area contributed by atoms with Gasteiger partial charge in [0.25, 0.3) is 11.7 Å². The summed E-state index contributed by atoms with van der Waals surface area (Å²) in [7, 11) is 1.54. The zero-order valence-electron chi connectivity index (χ0n) is 23.2. The van der Waals surface area contributed by atoms with Crippen molar-refractivity contribution in [3.63, 3.8) is 0 Å². The van der Waals surface area contributed by atoms with E-state index in [1.165, 1.54) is 12.0 Å². The van der Waals surface area contributed by atoms with Gasteiger partial charge in [0.05, 0.1) is 31.4 Å². The third-order valence-corrected chi connectivity index (χ3v) is 6.36. The number of anilines is 1. The molecule has 204 valence electrons. The molecule has 0 bridgehead atoms. The first-order valence-electron chi connectivity index (χ1n) is 13.1. The van der Waals surface area contributed by atoms with Gasteiger partial charge in [-0.1, -0.05) is 32.0 Å². The van der Waals surface area contributed by atoms with E-state index in [1.807, 2.05) is 32.9 Å². The van der Waals surface area contributed by atoms with Crippen molar-refractivity contribution in [2.24, 2.45) is 5.92 Å². The van der Waals surface area contributed by atoms with Crippen LogP contribution in [-0.4, -0.2) is 36.6 Å². The quantitative estimate of drug-likeness (QED) is 0.195. The summed E-state index contributed by atoms with van der Waals surface area (Å²) in [4.78, 5) is 28.4. The number of carbonyl (C=O) groups is 2. The van der Waals surface area contributed by atoms with Crippen LogP contribution in [0.3, 0.4) is 0 Å². The van der Waals surface area contributed by atoms with E-state index in [4.69, 9.17) is 14.2 Å². The van der Waals surface area contributed by atoms with Crippen molar-refractivity contribution in [3.05, 3.63) is 89.0 Å². The summed E-state index contributed by atoms with van der Waals surface area (Å²) >= 11 is 0. The zero-order chi connectivity index (χ0) is 28.3. The number of hydrogen-bond acceptors (Lipinski definition) is 6. The van der Waals surface area contributed by atoms with E-state index in [0.717, 1.165) is 5.56 Å². The molecular formula is C32H35NO6. The first kappa shape index (κ1) is 27.8. The number of rotatable bonds is 9. The van der Waals surface area contributed by atoms with E-state index >= 15 is 0 Å². The van der Waals surface area contributed by atoms with Crippen LogP contribution in [0.2, 0.25) is 0 Å². The summed E-state index contributed by atoms with van der Waals surface area (Å²) in [6.45, 7) is 10.5. The summed E-state index contributed by atoms with van der Waals surface area (Å²) < 4.78 is 17.0. The predicted octanol–water partition coefficient (Wildman–Crippen LogP) is 6.45. The van der Waals surface area contributed by atoms with Gasteiger partial charge in [0.15, 0.2) is 0 Å². The van der Waals surface area contributed by atoms with Crippen LogP contribution in [-0.2, 0) is 9.59 Å². The lowest BCUT2D eigenvalue weighted by atomic mass is 9.94. The van der Waals surface area contributed by atoms with Gasteiger partial charge >= 0.3 is 0 Å². The van der Waals surface area contributed by atoms with Crippen LogP contribution in [0.5, 0.6) is 17.2 Å². The summed E-state index contributed by atoms with van der Waals surface area (Å²) in [5.74, 6) is 0.536. The number of amides is 1. The normalized spacial score (nSPS) is 16.7. The molecule has 3 aromatic rings. The number of Topliss-reactive ketones (excluding diaryl/α,β-unsaturated/α-hetero) is 1. The van der Waals surface area contributed by atoms with E-state index in [2.05, 4.69) is 13.8 Å². The molecule has 0 aliphatic carbocycles. The largest absolute Gasteiger partial charge is 0.507 e. The molecule has 1 atom stereocenters.